The van der Waals surface area contributed by atoms with Crippen LogP contribution in [0.3, 0.4) is 0 Å². The summed E-state index contributed by atoms with van der Waals surface area (Å²) in [7, 11) is 1.71. The van der Waals surface area contributed by atoms with E-state index in [0.29, 0.717) is 6.61 Å². The number of ether oxygens (including phenoxy) is 4. The maximum Gasteiger partial charge on any atom is 0.163 e. The van der Waals surface area contributed by atoms with Crippen LogP contribution in [-0.2, 0) is 18.9 Å². The number of hydrogen-bond donors (Lipinski definition) is 1. The molecule has 1 N–H and O–H groups in total. The van der Waals surface area contributed by atoms with Crippen molar-refractivity contribution in [1.82, 2.24) is 0 Å². The van der Waals surface area contributed by atoms with Crippen LogP contribution in [0.25, 0.3) is 0 Å². The Morgan fingerprint density at radius 1 is 1.21 bits per heavy atom. The predicted molar refractivity (Wildman–Crippen MR) is 110 cm³/mol. The van der Waals surface area contributed by atoms with Crippen LogP contribution in [0.4, 0.5) is 0 Å². The molecular formula is C23H28O5S. The number of aliphatic hydroxyl groups is 1. The Hall–Kier alpha value is -1.31. The van der Waals surface area contributed by atoms with Gasteiger partial charge in [-0.25, -0.2) is 0 Å². The number of rotatable bonds is 5. The second-order valence-corrected chi connectivity index (χ2v) is 9.87. The summed E-state index contributed by atoms with van der Waals surface area (Å²) in [5.41, 5.74) is -1.24. The van der Waals surface area contributed by atoms with Gasteiger partial charge < -0.3 is 24.1 Å². The van der Waals surface area contributed by atoms with Gasteiger partial charge in [0, 0.05) is 10.8 Å². The number of benzene rings is 1. The summed E-state index contributed by atoms with van der Waals surface area (Å²) >= 11 is 1.66. The second kappa shape index (κ2) is 6.86. The third kappa shape index (κ3) is 2.77. The first-order valence-corrected chi connectivity index (χ1v) is 11.1. The van der Waals surface area contributed by atoms with E-state index in [1.165, 1.54) is 0 Å². The minimum absolute atomic E-state index is 0.0282. The van der Waals surface area contributed by atoms with E-state index in [2.05, 4.69) is 24.3 Å². The highest BCUT2D eigenvalue weighted by molar-refractivity contribution is 8.03. The van der Waals surface area contributed by atoms with Gasteiger partial charge in [0.25, 0.3) is 0 Å². The number of aliphatic hydroxyl groups excluding tert-OH is 1. The highest BCUT2D eigenvalue weighted by atomic mass is 32.2. The molecule has 5 nitrogen and oxygen atoms in total. The zero-order chi connectivity index (χ0) is 20.3. The van der Waals surface area contributed by atoms with Gasteiger partial charge in [-0.3, -0.25) is 0 Å². The molecule has 3 heterocycles. The van der Waals surface area contributed by atoms with Crippen molar-refractivity contribution in [2.75, 3.05) is 20.3 Å². The van der Waals surface area contributed by atoms with E-state index in [1.54, 1.807) is 18.9 Å². The van der Waals surface area contributed by atoms with Crippen LogP contribution in [0.5, 0.6) is 0 Å². The van der Waals surface area contributed by atoms with Crippen molar-refractivity contribution in [3.8, 4) is 0 Å². The molecule has 4 aliphatic rings. The van der Waals surface area contributed by atoms with Crippen LogP contribution in [0.1, 0.15) is 26.7 Å². The summed E-state index contributed by atoms with van der Waals surface area (Å²) in [5.74, 6) is 0.373. The molecule has 6 heteroatoms. The fourth-order valence-corrected chi connectivity index (χ4v) is 6.79. The van der Waals surface area contributed by atoms with Gasteiger partial charge in [-0.15, -0.1) is 0 Å². The van der Waals surface area contributed by atoms with Crippen molar-refractivity contribution in [3.63, 3.8) is 0 Å². The highest BCUT2D eigenvalue weighted by Crippen LogP contribution is 2.65. The summed E-state index contributed by atoms with van der Waals surface area (Å²) in [6.45, 7) is 4.41. The van der Waals surface area contributed by atoms with E-state index in [1.807, 2.05) is 32.0 Å². The van der Waals surface area contributed by atoms with E-state index in [0.717, 1.165) is 28.4 Å². The normalized spacial score (nSPS) is 39.8. The van der Waals surface area contributed by atoms with Crippen LogP contribution >= 0.6 is 11.8 Å². The van der Waals surface area contributed by atoms with E-state index in [-0.39, 0.29) is 24.7 Å². The Kier molecular flexibility index (Phi) is 4.64. The molecule has 2 bridgehead atoms. The van der Waals surface area contributed by atoms with Gasteiger partial charge in [-0.05, 0) is 38.8 Å². The van der Waals surface area contributed by atoms with Crippen molar-refractivity contribution >= 4 is 11.8 Å². The lowest BCUT2D eigenvalue weighted by Gasteiger charge is -2.49. The van der Waals surface area contributed by atoms with Crippen LogP contribution in [-0.4, -0.2) is 49.0 Å². The second-order valence-electron chi connectivity index (χ2n) is 8.76. The molecule has 29 heavy (non-hydrogen) atoms. The van der Waals surface area contributed by atoms with Crippen LogP contribution < -0.4 is 0 Å². The van der Waals surface area contributed by atoms with E-state index >= 15 is 0 Å². The summed E-state index contributed by atoms with van der Waals surface area (Å²) < 4.78 is 24.9. The molecule has 1 aromatic rings. The molecule has 0 unspecified atom stereocenters. The molecule has 0 aromatic heterocycles. The summed E-state index contributed by atoms with van der Waals surface area (Å²) in [5, 5.41) is 10.7. The maximum atomic E-state index is 10.7. The first kappa shape index (κ1) is 19.6. The topological polar surface area (TPSA) is 57.2 Å². The van der Waals surface area contributed by atoms with Crippen molar-refractivity contribution in [2.45, 2.75) is 55.2 Å². The van der Waals surface area contributed by atoms with Crippen molar-refractivity contribution in [1.29, 1.82) is 0 Å². The van der Waals surface area contributed by atoms with E-state index in [9.17, 15) is 5.11 Å². The quantitative estimate of drug-likeness (QED) is 0.735. The smallest absolute Gasteiger partial charge is 0.163 e. The van der Waals surface area contributed by atoms with Crippen LogP contribution in [0.2, 0.25) is 0 Å². The molecule has 5 rings (SSSR count). The molecule has 0 amide bonds. The average Bonchev–Trinajstić information content (AvgIpc) is 3.39. The lowest BCUT2D eigenvalue weighted by atomic mass is 9.68. The Morgan fingerprint density at radius 3 is 2.66 bits per heavy atom. The fraction of sp³-hybridized carbons (Fsp3) is 0.565. The highest BCUT2D eigenvalue weighted by Gasteiger charge is 2.70. The molecule has 2 fully saturated rings. The molecule has 1 saturated heterocycles. The molecule has 156 valence electrons. The van der Waals surface area contributed by atoms with E-state index < -0.39 is 16.8 Å². The summed E-state index contributed by atoms with van der Waals surface area (Å²) in [6, 6.07) is 10.2. The minimum Gasteiger partial charge on any atom is -0.499 e. The lowest BCUT2D eigenvalue weighted by molar-refractivity contribution is -0.178. The van der Waals surface area contributed by atoms with Crippen LogP contribution in [0.15, 0.2) is 58.0 Å². The summed E-state index contributed by atoms with van der Waals surface area (Å²) in [4.78, 5) is 2.16. The lowest BCUT2D eigenvalue weighted by Crippen LogP contribution is -2.57. The maximum absolute atomic E-state index is 10.7. The molecule has 0 radical (unpaired) electrons. The van der Waals surface area contributed by atoms with Gasteiger partial charge >= 0.3 is 0 Å². The van der Waals surface area contributed by atoms with Gasteiger partial charge in [-0.1, -0.05) is 42.1 Å². The Morgan fingerprint density at radius 2 is 2.00 bits per heavy atom. The SMILES string of the molecule is COC1=C(Sc2ccccc2)[C@@H]2C=C[C@]3(O2)[C@@H]([C@H]2COC(C)(C)O2)CC[C@@]13CO. The Labute approximate surface area is 176 Å². The molecule has 1 spiro atoms. The molecule has 1 saturated carbocycles. The number of fused-ring (bicyclic) bond motifs is 1. The monoisotopic (exact) mass is 416 g/mol. The predicted octanol–water partition coefficient (Wildman–Crippen LogP) is 3.88. The van der Waals surface area contributed by atoms with Crippen LogP contribution in [0, 0.1) is 11.3 Å². The molecule has 5 atom stereocenters. The molecule has 1 aromatic carbocycles. The fourth-order valence-electron chi connectivity index (χ4n) is 5.63. The molecular weight excluding hydrogens is 388 g/mol. The Bertz CT molecular complexity index is 850. The zero-order valence-corrected chi connectivity index (χ0v) is 17.9. The van der Waals surface area contributed by atoms with Gasteiger partial charge in [0.15, 0.2) is 5.79 Å². The van der Waals surface area contributed by atoms with Gasteiger partial charge in [0.1, 0.15) is 17.5 Å². The largest absolute Gasteiger partial charge is 0.499 e. The number of methoxy groups -OCH3 is 1. The zero-order valence-electron chi connectivity index (χ0n) is 17.1. The first-order chi connectivity index (χ1) is 13.9. The third-order valence-electron chi connectivity index (χ3n) is 6.86. The van der Waals surface area contributed by atoms with Gasteiger partial charge in [-0.2, -0.15) is 0 Å². The third-order valence-corrected chi connectivity index (χ3v) is 8.01. The summed E-state index contributed by atoms with van der Waals surface area (Å²) in [6.07, 6.45) is 5.72. The standard InChI is InChI=1S/C23H28O5S/c1-21(2)26-13-18(27-21)16-9-11-22(14-24)20(25-3)19(17-10-12-23(16,22)28-17)29-15-7-5-4-6-8-15/h4-8,10,12,16-18,24H,9,11,13-14H2,1-3H3/t16-,17+,18-,22-,23+/m1/s1. The minimum atomic E-state index is -0.632. The number of hydrogen-bond acceptors (Lipinski definition) is 6. The van der Waals surface area contributed by atoms with E-state index in [4.69, 9.17) is 18.9 Å². The molecule has 3 aliphatic heterocycles. The number of thioether (sulfide) groups is 1. The van der Waals surface area contributed by atoms with Crippen molar-refractivity contribution in [2.24, 2.45) is 11.3 Å². The first-order valence-electron chi connectivity index (χ1n) is 10.3. The van der Waals surface area contributed by atoms with Crippen molar-refractivity contribution in [3.05, 3.63) is 53.1 Å². The van der Waals surface area contributed by atoms with Crippen molar-refractivity contribution < 1.29 is 24.1 Å². The average molecular weight is 417 g/mol. The molecule has 1 aliphatic carbocycles. The Balaban J connectivity index is 1.56. The van der Waals surface area contributed by atoms with Gasteiger partial charge in [0.05, 0.1) is 36.7 Å². The van der Waals surface area contributed by atoms with Gasteiger partial charge in [0.2, 0.25) is 0 Å².